The van der Waals surface area contributed by atoms with Crippen molar-refractivity contribution in [3.63, 3.8) is 0 Å². The predicted molar refractivity (Wildman–Crippen MR) is 173 cm³/mol. The van der Waals surface area contributed by atoms with Crippen molar-refractivity contribution in [3.8, 4) is 22.3 Å². The molecule has 1 heteroatoms. The minimum atomic E-state index is 0.921. The van der Waals surface area contributed by atoms with Crippen LogP contribution in [0.15, 0.2) is 60.7 Å². The number of rotatable bonds is 18. The lowest BCUT2D eigenvalue weighted by Crippen LogP contribution is -2.14. The smallest absolute Gasteiger partial charge is 0.0654 e. The van der Waals surface area contributed by atoms with Gasteiger partial charge in [-0.3, -0.25) is 0 Å². The number of aryl methyl sites for hydroxylation is 1. The van der Waals surface area contributed by atoms with Crippen molar-refractivity contribution in [1.82, 2.24) is 0 Å². The molecule has 0 fully saturated rings. The van der Waals surface area contributed by atoms with Crippen LogP contribution < -0.4 is 5.19 Å². The molecule has 4 rings (SSSR count). The first-order valence-electron chi connectivity index (χ1n) is 16.2. The van der Waals surface area contributed by atoms with Crippen LogP contribution in [0.1, 0.15) is 127 Å². The second-order valence-electron chi connectivity index (χ2n) is 12.2. The van der Waals surface area contributed by atoms with Crippen LogP contribution in [-0.4, -0.2) is 10.2 Å². The molecule has 0 saturated heterocycles. The van der Waals surface area contributed by atoms with Crippen molar-refractivity contribution in [2.24, 2.45) is 5.92 Å². The van der Waals surface area contributed by atoms with Crippen molar-refractivity contribution in [1.29, 1.82) is 0 Å². The average molecular weight is 536 g/mol. The molecular formula is C38H51Si. The third-order valence-electron chi connectivity index (χ3n) is 8.99. The quantitative estimate of drug-likeness (QED) is 0.0878. The molecule has 1 aliphatic carbocycles. The third-order valence-corrected chi connectivity index (χ3v) is 9.56. The maximum atomic E-state index is 4.08. The first kappa shape index (κ1) is 29.8. The van der Waals surface area contributed by atoms with Gasteiger partial charge in [-0.1, -0.05) is 170 Å². The number of hydrogen-bond acceptors (Lipinski definition) is 0. The summed E-state index contributed by atoms with van der Waals surface area (Å²) in [6, 6.07) is 22.6. The van der Waals surface area contributed by atoms with E-state index >= 15 is 0 Å². The normalized spacial score (nSPS) is 12.9. The summed E-state index contributed by atoms with van der Waals surface area (Å²) in [6.07, 6.45) is 23.4. The van der Waals surface area contributed by atoms with Gasteiger partial charge < -0.3 is 0 Å². The molecule has 0 aromatic heterocycles. The molecule has 207 valence electrons. The summed E-state index contributed by atoms with van der Waals surface area (Å²) in [4.78, 5) is 0. The fraction of sp³-hybridized carbons (Fsp3) is 0.526. The summed E-state index contributed by atoms with van der Waals surface area (Å²) in [7, 11) is 4.08. The summed E-state index contributed by atoms with van der Waals surface area (Å²) in [5, 5.41) is 1.28. The minimum Gasteiger partial charge on any atom is -0.0654 e. The highest BCUT2D eigenvalue weighted by atomic mass is 28.1. The molecule has 0 saturated carbocycles. The Balaban J connectivity index is 1.14. The molecule has 3 aromatic carbocycles. The van der Waals surface area contributed by atoms with E-state index < -0.39 is 0 Å². The van der Waals surface area contributed by atoms with Crippen LogP contribution >= 0.6 is 0 Å². The first-order valence-corrected chi connectivity index (χ1v) is 16.7. The van der Waals surface area contributed by atoms with Crippen molar-refractivity contribution in [2.75, 3.05) is 0 Å². The predicted octanol–water partition coefficient (Wildman–Crippen LogP) is 10.8. The summed E-state index contributed by atoms with van der Waals surface area (Å²) in [6.45, 7) is 4.78. The molecule has 1 aliphatic rings. The van der Waals surface area contributed by atoms with E-state index in [-0.39, 0.29) is 0 Å². The lowest BCUT2D eigenvalue weighted by molar-refractivity contribution is 0.431. The summed E-state index contributed by atoms with van der Waals surface area (Å²) in [5.41, 5.74) is 9.91. The van der Waals surface area contributed by atoms with E-state index in [1.54, 1.807) is 0 Å². The molecule has 0 nitrogen and oxygen atoms in total. The molecule has 0 aliphatic heterocycles. The standard InChI is InChI=1S/C38H51Si/c1-3-4-5-6-7-10-13-20-30(2)21-14-11-8-9-12-15-22-31-23-16-18-25-33(31)36-28-27-35-34-26-19-17-24-32(34)29-37(35)38(36)39/h16-19,23-28,30H,3-15,20-22,29H2,1-2H3. The van der Waals surface area contributed by atoms with Gasteiger partial charge in [-0.25, -0.2) is 0 Å². The Morgan fingerprint density at radius 2 is 1.15 bits per heavy atom. The highest BCUT2D eigenvalue weighted by Crippen LogP contribution is 2.37. The zero-order valence-electron chi connectivity index (χ0n) is 24.9. The number of hydrogen-bond donors (Lipinski definition) is 0. The van der Waals surface area contributed by atoms with Gasteiger partial charge in [0.2, 0.25) is 0 Å². The van der Waals surface area contributed by atoms with Crippen molar-refractivity contribution in [2.45, 2.75) is 123 Å². The maximum absolute atomic E-state index is 4.08. The summed E-state index contributed by atoms with van der Waals surface area (Å²) in [5.74, 6) is 0.921. The molecule has 0 heterocycles. The van der Waals surface area contributed by atoms with Crippen LogP contribution in [0.4, 0.5) is 0 Å². The Labute approximate surface area is 243 Å². The first-order chi connectivity index (χ1) is 19.2. The van der Waals surface area contributed by atoms with Crippen molar-refractivity contribution >= 4 is 15.4 Å². The minimum absolute atomic E-state index is 0.921. The Bertz CT molecular complexity index is 1140. The highest BCUT2D eigenvalue weighted by Gasteiger charge is 2.21. The number of fused-ring (bicyclic) bond motifs is 3. The summed E-state index contributed by atoms with van der Waals surface area (Å²) >= 11 is 0. The van der Waals surface area contributed by atoms with Gasteiger partial charge in [0, 0.05) is 0 Å². The molecule has 0 bridgehead atoms. The van der Waals surface area contributed by atoms with Gasteiger partial charge in [0.15, 0.2) is 0 Å². The van der Waals surface area contributed by atoms with E-state index in [4.69, 9.17) is 0 Å². The Hall–Kier alpha value is -2.12. The molecule has 39 heavy (non-hydrogen) atoms. The van der Waals surface area contributed by atoms with E-state index in [1.807, 2.05) is 0 Å². The topological polar surface area (TPSA) is 0 Å². The molecule has 3 aromatic rings. The number of unbranched alkanes of at least 4 members (excludes halogenated alkanes) is 11. The lowest BCUT2D eigenvalue weighted by Gasteiger charge is -2.15. The summed E-state index contributed by atoms with van der Waals surface area (Å²) < 4.78 is 0. The second kappa shape index (κ2) is 16.2. The van der Waals surface area contributed by atoms with Gasteiger partial charge in [0.1, 0.15) is 0 Å². The Morgan fingerprint density at radius 3 is 1.87 bits per heavy atom. The fourth-order valence-corrected chi connectivity index (χ4v) is 6.99. The van der Waals surface area contributed by atoms with Crippen LogP contribution in [-0.2, 0) is 12.8 Å². The molecule has 1 unspecified atom stereocenters. The van der Waals surface area contributed by atoms with Crippen LogP contribution in [0.3, 0.4) is 0 Å². The molecule has 0 N–H and O–H groups in total. The van der Waals surface area contributed by atoms with Crippen LogP contribution in [0, 0.1) is 5.92 Å². The third kappa shape index (κ3) is 8.68. The second-order valence-corrected chi connectivity index (χ2v) is 12.7. The van der Waals surface area contributed by atoms with E-state index in [0.29, 0.717) is 0 Å². The zero-order chi connectivity index (χ0) is 27.3. The van der Waals surface area contributed by atoms with Gasteiger partial charge in [0.05, 0.1) is 10.2 Å². The molecular weight excluding hydrogens is 485 g/mol. The molecule has 3 radical (unpaired) electrons. The fourth-order valence-electron chi connectivity index (χ4n) is 6.55. The molecule has 1 atom stereocenters. The van der Waals surface area contributed by atoms with Gasteiger partial charge in [-0.15, -0.1) is 0 Å². The van der Waals surface area contributed by atoms with Crippen molar-refractivity contribution in [3.05, 3.63) is 77.4 Å². The van der Waals surface area contributed by atoms with Crippen LogP contribution in [0.5, 0.6) is 0 Å². The van der Waals surface area contributed by atoms with Gasteiger partial charge in [-0.05, 0) is 64.1 Å². The highest BCUT2D eigenvalue weighted by molar-refractivity contribution is 6.38. The monoisotopic (exact) mass is 535 g/mol. The van der Waals surface area contributed by atoms with Crippen LogP contribution in [0.25, 0.3) is 22.3 Å². The molecule has 0 amide bonds. The van der Waals surface area contributed by atoms with Gasteiger partial charge in [-0.2, -0.15) is 0 Å². The Morgan fingerprint density at radius 1 is 0.590 bits per heavy atom. The van der Waals surface area contributed by atoms with E-state index in [2.05, 4.69) is 84.8 Å². The zero-order valence-corrected chi connectivity index (χ0v) is 25.9. The van der Waals surface area contributed by atoms with E-state index in [0.717, 1.165) is 12.3 Å². The number of benzene rings is 3. The maximum Gasteiger partial charge on any atom is 0.0724 e. The van der Waals surface area contributed by atoms with Gasteiger partial charge in [0.25, 0.3) is 0 Å². The van der Waals surface area contributed by atoms with E-state index in [9.17, 15) is 0 Å². The SMILES string of the molecule is CCCCCCCCCC(C)CCCCCCCCc1ccccc1-c1ccc2c(c1[Si])Cc1ccccc1-2. The Kier molecular flexibility index (Phi) is 12.4. The van der Waals surface area contributed by atoms with Gasteiger partial charge >= 0.3 is 0 Å². The van der Waals surface area contributed by atoms with Crippen molar-refractivity contribution < 1.29 is 0 Å². The lowest BCUT2D eigenvalue weighted by atomic mass is 9.93. The van der Waals surface area contributed by atoms with Crippen LogP contribution in [0.2, 0.25) is 0 Å². The van der Waals surface area contributed by atoms with E-state index in [1.165, 1.54) is 147 Å². The average Bonchev–Trinajstić information content (AvgIpc) is 3.34. The largest absolute Gasteiger partial charge is 0.0724 e. The molecule has 0 spiro atoms.